The summed E-state index contributed by atoms with van der Waals surface area (Å²) < 4.78 is 54.1. The molecule has 0 amide bonds. The summed E-state index contributed by atoms with van der Waals surface area (Å²) in [6.45, 7) is -0.888. The van der Waals surface area contributed by atoms with E-state index in [0.29, 0.717) is 0 Å². The van der Waals surface area contributed by atoms with Gasteiger partial charge in [0.05, 0.1) is 11.1 Å². The van der Waals surface area contributed by atoms with Gasteiger partial charge in [-0.2, -0.15) is 18.4 Å². The van der Waals surface area contributed by atoms with Crippen LogP contribution in [0.25, 0.3) is 0 Å². The second-order valence-electron chi connectivity index (χ2n) is 3.11. The molecular weight excluding hydrogens is 262 g/mol. The Hall–Kier alpha value is -1.48. The topological polar surface area (TPSA) is 33.0 Å². The fourth-order valence-corrected chi connectivity index (χ4v) is 1.07. The van der Waals surface area contributed by atoms with E-state index < -0.39 is 24.5 Å². The molecular formula is C10H6ClF4NO. The summed E-state index contributed by atoms with van der Waals surface area (Å²) in [5, 5.41) is 8.13. The van der Waals surface area contributed by atoms with Crippen molar-refractivity contribution in [2.75, 3.05) is 6.61 Å². The number of halogens is 5. The smallest absolute Gasteiger partial charge is 0.407 e. The van der Waals surface area contributed by atoms with Gasteiger partial charge in [0.2, 0.25) is 0 Å². The highest BCUT2D eigenvalue weighted by atomic mass is 35.5. The second-order valence-corrected chi connectivity index (χ2v) is 3.52. The average molecular weight is 268 g/mol. The molecule has 0 saturated carbocycles. The van der Waals surface area contributed by atoms with Gasteiger partial charge in [-0.25, -0.2) is 4.39 Å². The molecule has 0 aromatic heterocycles. The van der Waals surface area contributed by atoms with Crippen molar-refractivity contribution < 1.29 is 22.3 Å². The van der Waals surface area contributed by atoms with Crippen molar-refractivity contribution in [3.8, 4) is 11.8 Å². The minimum absolute atomic E-state index is 0.114. The van der Waals surface area contributed by atoms with Crippen LogP contribution < -0.4 is 4.74 Å². The van der Waals surface area contributed by atoms with E-state index in [1.807, 2.05) is 0 Å². The summed E-state index contributed by atoms with van der Waals surface area (Å²) in [4.78, 5) is 0. The lowest BCUT2D eigenvalue weighted by atomic mass is 10.2. The number of benzene rings is 1. The quantitative estimate of drug-likeness (QED) is 0.785. The van der Waals surface area contributed by atoms with Crippen LogP contribution in [0.2, 0.25) is 5.02 Å². The molecule has 7 heteroatoms. The predicted octanol–water partition coefficient (Wildman–Crippen LogP) is 3.56. The molecule has 0 aliphatic heterocycles. The van der Waals surface area contributed by atoms with Crippen molar-refractivity contribution >= 4 is 11.6 Å². The number of rotatable bonds is 3. The molecule has 1 unspecified atom stereocenters. The van der Waals surface area contributed by atoms with Gasteiger partial charge in [0.1, 0.15) is 18.2 Å². The second kappa shape index (κ2) is 5.23. The first kappa shape index (κ1) is 13.6. The first-order valence-electron chi connectivity index (χ1n) is 4.38. The molecule has 92 valence electrons. The van der Waals surface area contributed by atoms with Crippen LogP contribution in [0.4, 0.5) is 17.6 Å². The van der Waals surface area contributed by atoms with Gasteiger partial charge >= 0.3 is 6.18 Å². The van der Waals surface area contributed by atoms with Crippen LogP contribution in [-0.2, 0) is 0 Å². The van der Waals surface area contributed by atoms with E-state index in [0.717, 1.165) is 18.2 Å². The van der Waals surface area contributed by atoms with Crippen molar-refractivity contribution in [2.45, 2.75) is 6.18 Å². The summed E-state index contributed by atoms with van der Waals surface area (Å²) in [5.74, 6) is -3.16. The van der Waals surface area contributed by atoms with Crippen molar-refractivity contribution in [2.24, 2.45) is 5.92 Å². The summed E-state index contributed by atoms with van der Waals surface area (Å²) in [6, 6.07) is 4.30. The van der Waals surface area contributed by atoms with E-state index in [1.165, 1.54) is 6.07 Å². The van der Waals surface area contributed by atoms with Crippen molar-refractivity contribution in [1.82, 2.24) is 0 Å². The number of nitrogens with zero attached hydrogens (tertiary/aromatic N) is 1. The number of alkyl halides is 3. The summed E-state index contributed by atoms with van der Waals surface area (Å²) >= 11 is 5.38. The molecule has 0 fully saturated rings. The van der Waals surface area contributed by atoms with Gasteiger partial charge in [0, 0.05) is 6.07 Å². The van der Waals surface area contributed by atoms with Crippen LogP contribution in [0.3, 0.4) is 0 Å². The molecule has 2 nitrogen and oxygen atoms in total. The number of nitriles is 1. The van der Waals surface area contributed by atoms with E-state index in [1.54, 1.807) is 0 Å². The summed E-state index contributed by atoms with van der Waals surface area (Å²) in [5.41, 5.74) is 0. The molecule has 1 aromatic rings. The summed E-state index contributed by atoms with van der Waals surface area (Å²) in [6.07, 6.45) is -4.67. The maximum Gasteiger partial charge on any atom is 0.407 e. The SMILES string of the molecule is N#CC(COc1ccc(Cl)c(F)c1)C(F)(F)F. The molecule has 0 aliphatic rings. The molecule has 0 aliphatic carbocycles. The van der Waals surface area contributed by atoms with Gasteiger partial charge in [-0.1, -0.05) is 11.6 Å². The summed E-state index contributed by atoms with van der Waals surface area (Å²) in [7, 11) is 0. The van der Waals surface area contributed by atoms with E-state index in [-0.39, 0.29) is 10.8 Å². The molecule has 0 N–H and O–H groups in total. The van der Waals surface area contributed by atoms with Gasteiger partial charge in [0.25, 0.3) is 0 Å². The van der Waals surface area contributed by atoms with Crippen LogP contribution in [0.1, 0.15) is 0 Å². The molecule has 17 heavy (non-hydrogen) atoms. The molecule has 0 radical (unpaired) electrons. The Kier molecular flexibility index (Phi) is 4.18. The lowest BCUT2D eigenvalue weighted by molar-refractivity contribution is -0.165. The van der Waals surface area contributed by atoms with Crippen molar-refractivity contribution in [1.29, 1.82) is 5.26 Å². The van der Waals surface area contributed by atoms with E-state index >= 15 is 0 Å². The third-order valence-corrected chi connectivity index (χ3v) is 2.17. The first-order valence-corrected chi connectivity index (χ1v) is 4.76. The minimum Gasteiger partial charge on any atom is -0.492 e. The van der Waals surface area contributed by atoms with Crippen LogP contribution in [-0.4, -0.2) is 12.8 Å². The van der Waals surface area contributed by atoms with Crippen LogP contribution in [0.5, 0.6) is 5.75 Å². The van der Waals surface area contributed by atoms with Gasteiger partial charge in [-0.05, 0) is 12.1 Å². The normalized spacial score (nSPS) is 12.9. The van der Waals surface area contributed by atoms with Gasteiger partial charge in [-0.3, -0.25) is 0 Å². The van der Waals surface area contributed by atoms with Crippen molar-refractivity contribution in [3.05, 3.63) is 29.0 Å². The number of hydrogen-bond acceptors (Lipinski definition) is 2. The average Bonchev–Trinajstić information content (AvgIpc) is 2.22. The third kappa shape index (κ3) is 3.79. The van der Waals surface area contributed by atoms with Crippen LogP contribution in [0.15, 0.2) is 18.2 Å². The molecule has 0 spiro atoms. The Morgan fingerprint density at radius 2 is 2.06 bits per heavy atom. The van der Waals surface area contributed by atoms with E-state index in [2.05, 4.69) is 4.74 Å². The van der Waals surface area contributed by atoms with E-state index in [9.17, 15) is 17.6 Å². The first-order chi connectivity index (χ1) is 7.84. The maximum atomic E-state index is 12.9. The zero-order valence-electron chi connectivity index (χ0n) is 8.26. The Morgan fingerprint density at radius 3 is 2.53 bits per heavy atom. The van der Waals surface area contributed by atoms with E-state index in [4.69, 9.17) is 16.9 Å². The molecule has 0 bridgehead atoms. The lowest BCUT2D eigenvalue weighted by Crippen LogP contribution is -2.27. The van der Waals surface area contributed by atoms with Gasteiger partial charge in [0.15, 0.2) is 5.92 Å². The Labute approximate surface area is 99.4 Å². The highest BCUT2D eigenvalue weighted by molar-refractivity contribution is 6.30. The number of hydrogen-bond donors (Lipinski definition) is 0. The lowest BCUT2D eigenvalue weighted by Gasteiger charge is -2.14. The Balaban J connectivity index is 2.67. The highest BCUT2D eigenvalue weighted by Gasteiger charge is 2.40. The Bertz CT molecular complexity index is 441. The predicted molar refractivity (Wildman–Crippen MR) is 52.1 cm³/mol. The molecule has 1 rings (SSSR count). The van der Waals surface area contributed by atoms with Gasteiger partial charge < -0.3 is 4.74 Å². The number of ether oxygens (including phenoxy) is 1. The van der Waals surface area contributed by atoms with Gasteiger partial charge in [-0.15, -0.1) is 0 Å². The fraction of sp³-hybridized carbons (Fsp3) is 0.300. The standard InChI is InChI=1S/C10H6ClF4NO/c11-8-2-1-7(3-9(8)12)17-5-6(4-16)10(13,14)15/h1-3,6H,5H2. The van der Waals surface area contributed by atoms with Crippen LogP contribution >= 0.6 is 11.6 Å². The fourth-order valence-electron chi connectivity index (χ4n) is 0.951. The zero-order valence-corrected chi connectivity index (χ0v) is 9.02. The third-order valence-electron chi connectivity index (χ3n) is 1.86. The van der Waals surface area contributed by atoms with Crippen LogP contribution in [0, 0.1) is 23.1 Å². The van der Waals surface area contributed by atoms with Crippen molar-refractivity contribution in [3.63, 3.8) is 0 Å². The zero-order chi connectivity index (χ0) is 13.1. The molecule has 0 heterocycles. The molecule has 0 saturated heterocycles. The monoisotopic (exact) mass is 267 g/mol. The largest absolute Gasteiger partial charge is 0.492 e. The molecule has 1 atom stereocenters. The maximum absolute atomic E-state index is 12.9. The Morgan fingerprint density at radius 1 is 1.41 bits per heavy atom. The highest BCUT2D eigenvalue weighted by Crippen LogP contribution is 2.27. The minimum atomic E-state index is -4.67. The molecule has 1 aromatic carbocycles.